The molecule has 20 heavy (non-hydrogen) atoms. The van der Waals surface area contributed by atoms with Gasteiger partial charge in [0.1, 0.15) is 11.4 Å². The third-order valence-electron chi connectivity index (χ3n) is 2.88. The molecule has 0 spiro atoms. The molecule has 2 rings (SSSR count). The molecule has 0 saturated carbocycles. The molecule has 0 aliphatic heterocycles. The number of ketones is 1. The van der Waals surface area contributed by atoms with E-state index in [2.05, 4.69) is 5.10 Å². The van der Waals surface area contributed by atoms with Crippen molar-refractivity contribution in [2.75, 3.05) is 6.61 Å². The zero-order chi connectivity index (χ0) is 14.7. The van der Waals surface area contributed by atoms with Crippen LogP contribution in [-0.4, -0.2) is 22.2 Å². The molecule has 1 heterocycles. The third-order valence-corrected chi connectivity index (χ3v) is 3.16. The molecule has 106 valence electrons. The molecule has 0 bridgehead atoms. The molecule has 0 N–H and O–H groups in total. The number of nitrogens with zero attached hydrogens (tertiary/aromatic N) is 2. The van der Waals surface area contributed by atoms with Gasteiger partial charge in [0.25, 0.3) is 0 Å². The number of halogens is 1. The van der Waals surface area contributed by atoms with Crippen LogP contribution in [0, 0.1) is 0 Å². The minimum absolute atomic E-state index is 0.0733. The zero-order valence-electron chi connectivity index (χ0n) is 11.8. The fourth-order valence-electron chi connectivity index (χ4n) is 1.95. The minimum atomic E-state index is -0.135. The summed E-state index contributed by atoms with van der Waals surface area (Å²) in [4.78, 5) is 12.5. The van der Waals surface area contributed by atoms with Gasteiger partial charge in [0, 0.05) is 11.6 Å². The summed E-state index contributed by atoms with van der Waals surface area (Å²) in [7, 11) is 0. The molecule has 0 radical (unpaired) electrons. The molecule has 4 nitrogen and oxygen atoms in total. The molecule has 0 saturated heterocycles. The summed E-state index contributed by atoms with van der Waals surface area (Å²) < 4.78 is 7.00. The molecule has 0 aliphatic carbocycles. The van der Waals surface area contributed by atoms with Gasteiger partial charge >= 0.3 is 0 Å². The first-order valence-corrected chi connectivity index (χ1v) is 6.93. The van der Waals surface area contributed by atoms with Crippen molar-refractivity contribution in [3.63, 3.8) is 0 Å². The van der Waals surface area contributed by atoms with Gasteiger partial charge < -0.3 is 4.74 Å². The maximum Gasteiger partial charge on any atom is 0.212 e. The van der Waals surface area contributed by atoms with Crippen molar-refractivity contribution in [1.82, 2.24) is 9.78 Å². The maximum atomic E-state index is 12.5. The summed E-state index contributed by atoms with van der Waals surface area (Å²) in [6.07, 6.45) is 1.50. The number of aromatic nitrogens is 2. The van der Waals surface area contributed by atoms with Gasteiger partial charge in [-0.3, -0.25) is 9.48 Å². The predicted octanol–water partition coefficient (Wildman–Crippen LogP) is 3.75. The van der Waals surface area contributed by atoms with E-state index in [1.165, 1.54) is 6.20 Å². The molecule has 5 heteroatoms. The molecular formula is C15H17ClN2O2. The molecule has 1 aromatic carbocycles. The molecule has 2 aromatic rings. The Morgan fingerprint density at radius 3 is 2.55 bits per heavy atom. The Kier molecular flexibility index (Phi) is 4.45. The largest absolute Gasteiger partial charge is 0.494 e. The fraction of sp³-hybridized carbons (Fsp3) is 0.333. The predicted molar refractivity (Wildman–Crippen MR) is 78.7 cm³/mol. The van der Waals surface area contributed by atoms with Crippen LogP contribution < -0.4 is 4.74 Å². The average Bonchev–Trinajstić information content (AvgIpc) is 2.81. The van der Waals surface area contributed by atoms with E-state index in [1.54, 1.807) is 28.9 Å². The number of hydrogen-bond acceptors (Lipinski definition) is 3. The Morgan fingerprint density at radius 2 is 2.00 bits per heavy atom. The van der Waals surface area contributed by atoms with Crippen molar-refractivity contribution >= 4 is 17.4 Å². The lowest BCUT2D eigenvalue weighted by Gasteiger charge is -2.11. The monoisotopic (exact) mass is 292 g/mol. The second-order valence-corrected chi connectivity index (χ2v) is 5.07. The lowest BCUT2D eigenvalue weighted by molar-refractivity contribution is 0.102. The van der Waals surface area contributed by atoms with E-state index in [4.69, 9.17) is 16.3 Å². The van der Waals surface area contributed by atoms with Gasteiger partial charge in [-0.05, 0) is 45.0 Å². The van der Waals surface area contributed by atoms with E-state index in [1.807, 2.05) is 20.8 Å². The second kappa shape index (κ2) is 6.09. The number of carbonyl (C=O) groups is 1. The van der Waals surface area contributed by atoms with Crippen LogP contribution >= 0.6 is 11.6 Å². The van der Waals surface area contributed by atoms with E-state index >= 15 is 0 Å². The first-order valence-electron chi connectivity index (χ1n) is 6.55. The van der Waals surface area contributed by atoms with Gasteiger partial charge in [-0.1, -0.05) is 11.6 Å². The Labute approximate surface area is 123 Å². The summed E-state index contributed by atoms with van der Waals surface area (Å²) in [6, 6.07) is 7.11. The first kappa shape index (κ1) is 14.6. The summed E-state index contributed by atoms with van der Waals surface area (Å²) in [5.74, 6) is 0.608. The molecule has 1 aromatic heterocycles. The van der Waals surface area contributed by atoms with Crippen molar-refractivity contribution in [3.05, 3.63) is 46.7 Å². The van der Waals surface area contributed by atoms with Crippen molar-refractivity contribution < 1.29 is 9.53 Å². The number of benzene rings is 1. The highest BCUT2D eigenvalue weighted by molar-refractivity contribution is 6.34. The van der Waals surface area contributed by atoms with Crippen molar-refractivity contribution in [3.8, 4) is 5.75 Å². The van der Waals surface area contributed by atoms with Gasteiger partial charge in [-0.2, -0.15) is 5.10 Å². The molecule has 0 fully saturated rings. The summed E-state index contributed by atoms with van der Waals surface area (Å²) >= 11 is 6.09. The number of ether oxygens (including phenoxy) is 1. The highest BCUT2D eigenvalue weighted by atomic mass is 35.5. The first-order chi connectivity index (χ1) is 9.54. The fourth-order valence-corrected chi connectivity index (χ4v) is 2.17. The smallest absolute Gasteiger partial charge is 0.212 e. The summed E-state index contributed by atoms with van der Waals surface area (Å²) in [6.45, 7) is 6.43. The summed E-state index contributed by atoms with van der Waals surface area (Å²) in [5, 5.41) is 4.52. The van der Waals surface area contributed by atoms with Crippen LogP contribution in [0.25, 0.3) is 0 Å². The maximum absolute atomic E-state index is 12.5. The Morgan fingerprint density at radius 1 is 1.35 bits per heavy atom. The number of carbonyl (C=O) groups excluding carboxylic acids is 1. The third kappa shape index (κ3) is 2.85. The van der Waals surface area contributed by atoms with Crippen LogP contribution in [0.4, 0.5) is 0 Å². The normalized spacial score (nSPS) is 10.8. The molecule has 0 atom stereocenters. The highest BCUT2D eigenvalue weighted by Crippen LogP contribution is 2.23. The van der Waals surface area contributed by atoms with Crippen LogP contribution in [0.15, 0.2) is 30.5 Å². The standard InChI is InChI=1S/C15H17ClN2O2/c1-4-20-12-7-5-11(6-8-12)15(19)14-13(16)9-17-18(14)10(2)3/h5-10H,4H2,1-3H3. The van der Waals surface area contributed by atoms with Crippen molar-refractivity contribution in [2.24, 2.45) is 0 Å². The lowest BCUT2D eigenvalue weighted by Crippen LogP contribution is -2.13. The van der Waals surface area contributed by atoms with Crippen molar-refractivity contribution in [1.29, 1.82) is 0 Å². The molecule has 0 aliphatic rings. The zero-order valence-corrected chi connectivity index (χ0v) is 12.5. The number of rotatable bonds is 5. The SMILES string of the molecule is CCOc1ccc(C(=O)c2c(Cl)cnn2C(C)C)cc1. The minimum Gasteiger partial charge on any atom is -0.494 e. The lowest BCUT2D eigenvalue weighted by atomic mass is 10.1. The van der Waals surface area contributed by atoms with E-state index in [0.29, 0.717) is 22.9 Å². The van der Waals surface area contributed by atoms with Gasteiger partial charge in [-0.25, -0.2) is 0 Å². The average molecular weight is 293 g/mol. The van der Waals surface area contributed by atoms with Crippen LogP contribution in [0.2, 0.25) is 5.02 Å². The van der Waals surface area contributed by atoms with Gasteiger partial charge in [0.2, 0.25) is 5.78 Å². The van der Waals surface area contributed by atoms with E-state index in [0.717, 1.165) is 5.75 Å². The van der Waals surface area contributed by atoms with Crippen molar-refractivity contribution in [2.45, 2.75) is 26.8 Å². The molecular weight excluding hydrogens is 276 g/mol. The van der Waals surface area contributed by atoms with Crippen LogP contribution in [0.3, 0.4) is 0 Å². The van der Waals surface area contributed by atoms with E-state index in [-0.39, 0.29) is 11.8 Å². The Hall–Kier alpha value is -1.81. The van der Waals surface area contributed by atoms with E-state index < -0.39 is 0 Å². The summed E-state index contributed by atoms with van der Waals surface area (Å²) in [5.41, 5.74) is 0.989. The Balaban J connectivity index is 2.34. The topological polar surface area (TPSA) is 44.1 Å². The van der Waals surface area contributed by atoms with Crippen LogP contribution in [0.5, 0.6) is 5.75 Å². The molecule has 0 unspecified atom stereocenters. The number of hydrogen-bond donors (Lipinski definition) is 0. The van der Waals surface area contributed by atoms with Crippen LogP contribution in [-0.2, 0) is 0 Å². The van der Waals surface area contributed by atoms with Gasteiger partial charge in [0.05, 0.1) is 17.8 Å². The van der Waals surface area contributed by atoms with Gasteiger partial charge in [-0.15, -0.1) is 0 Å². The van der Waals surface area contributed by atoms with Crippen LogP contribution in [0.1, 0.15) is 42.9 Å². The quantitative estimate of drug-likeness (QED) is 0.788. The highest BCUT2D eigenvalue weighted by Gasteiger charge is 2.20. The second-order valence-electron chi connectivity index (χ2n) is 4.67. The Bertz CT molecular complexity index is 603. The van der Waals surface area contributed by atoms with Gasteiger partial charge in [0.15, 0.2) is 0 Å². The molecule has 0 amide bonds. The van der Waals surface area contributed by atoms with E-state index in [9.17, 15) is 4.79 Å².